The van der Waals surface area contributed by atoms with Gasteiger partial charge in [0.15, 0.2) is 0 Å². The molecule has 1 N–H and O–H groups in total. The van der Waals surface area contributed by atoms with E-state index in [9.17, 15) is 9.59 Å². The van der Waals surface area contributed by atoms with Crippen molar-refractivity contribution in [2.75, 3.05) is 6.61 Å². The van der Waals surface area contributed by atoms with Gasteiger partial charge >= 0.3 is 5.97 Å². The first-order valence-electron chi connectivity index (χ1n) is 6.81. The van der Waals surface area contributed by atoms with Crippen molar-refractivity contribution in [1.29, 1.82) is 0 Å². The van der Waals surface area contributed by atoms with Crippen molar-refractivity contribution in [1.82, 2.24) is 9.97 Å². The third-order valence-corrected chi connectivity index (χ3v) is 3.68. The van der Waals surface area contributed by atoms with E-state index >= 15 is 0 Å². The van der Waals surface area contributed by atoms with E-state index in [1.165, 1.54) is 6.20 Å². The summed E-state index contributed by atoms with van der Waals surface area (Å²) >= 11 is 6.01. The maximum Gasteiger partial charge on any atom is 0.343 e. The standard InChI is InChI=1S/C16H13ClN2O3/c1-3-22-16(21)10-7-18-14-9(15(10)20)4-5-11-13(14)8(2)6-12(17)19-11/h4-7,19H,3H2,1-2H3. The van der Waals surface area contributed by atoms with Crippen LogP contribution in [0.5, 0.6) is 0 Å². The van der Waals surface area contributed by atoms with Crippen LogP contribution in [-0.2, 0) is 4.74 Å². The summed E-state index contributed by atoms with van der Waals surface area (Å²) in [5.74, 6) is -0.651. The van der Waals surface area contributed by atoms with Gasteiger partial charge in [-0.2, -0.15) is 0 Å². The second-order valence-electron chi connectivity index (χ2n) is 4.91. The van der Waals surface area contributed by atoms with Crippen molar-refractivity contribution in [3.8, 4) is 0 Å². The minimum absolute atomic E-state index is 0.0516. The van der Waals surface area contributed by atoms with Crippen LogP contribution < -0.4 is 5.43 Å². The van der Waals surface area contributed by atoms with E-state index < -0.39 is 5.97 Å². The summed E-state index contributed by atoms with van der Waals surface area (Å²) in [5, 5.41) is 1.71. The molecule has 0 saturated heterocycles. The van der Waals surface area contributed by atoms with Crippen LogP contribution in [0, 0.1) is 6.92 Å². The van der Waals surface area contributed by atoms with Crippen molar-refractivity contribution < 1.29 is 9.53 Å². The number of nitrogens with zero attached hydrogens (tertiary/aromatic N) is 1. The first kappa shape index (κ1) is 14.5. The molecule has 0 fully saturated rings. The number of nitrogens with one attached hydrogen (secondary N) is 1. The average Bonchev–Trinajstić information content (AvgIpc) is 2.46. The zero-order valence-electron chi connectivity index (χ0n) is 12.1. The predicted molar refractivity (Wildman–Crippen MR) is 85.6 cm³/mol. The Morgan fingerprint density at radius 2 is 2.18 bits per heavy atom. The fourth-order valence-electron chi connectivity index (χ4n) is 2.53. The van der Waals surface area contributed by atoms with Gasteiger partial charge in [0, 0.05) is 22.5 Å². The van der Waals surface area contributed by atoms with Crippen molar-refractivity contribution in [2.24, 2.45) is 0 Å². The molecule has 0 spiro atoms. The van der Waals surface area contributed by atoms with Crippen LogP contribution in [0.25, 0.3) is 21.8 Å². The first-order chi connectivity index (χ1) is 10.5. The molecule has 112 valence electrons. The van der Waals surface area contributed by atoms with Crippen LogP contribution in [0.4, 0.5) is 0 Å². The Kier molecular flexibility index (Phi) is 3.58. The van der Waals surface area contributed by atoms with Crippen LogP contribution in [-0.4, -0.2) is 22.5 Å². The van der Waals surface area contributed by atoms with Crippen LogP contribution in [0.3, 0.4) is 0 Å². The molecule has 5 nitrogen and oxygen atoms in total. The number of aromatic nitrogens is 2. The lowest BCUT2D eigenvalue weighted by molar-refractivity contribution is 0.0524. The van der Waals surface area contributed by atoms with Gasteiger partial charge in [-0.3, -0.25) is 9.78 Å². The lowest BCUT2D eigenvalue weighted by Crippen LogP contribution is -2.18. The topological polar surface area (TPSA) is 72.0 Å². The second-order valence-corrected chi connectivity index (χ2v) is 5.31. The number of hydrogen-bond acceptors (Lipinski definition) is 4. The third-order valence-electron chi connectivity index (χ3n) is 3.48. The minimum Gasteiger partial charge on any atom is -0.462 e. The monoisotopic (exact) mass is 316 g/mol. The number of H-pyrrole nitrogens is 1. The number of fused-ring (bicyclic) bond motifs is 3. The number of pyridine rings is 2. The van der Waals surface area contributed by atoms with Gasteiger partial charge < -0.3 is 9.72 Å². The number of aryl methyl sites for hydroxylation is 1. The normalized spacial score (nSPS) is 11.0. The number of aromatic amines is 1. The molecule has 0 atom stereocenters. The highest BCUT2D eigenvalue weighted by atomic mass is 35.5. The highest BCUT2D eigenvalue weighted by Gasteiger charge is 2.16. The van der Waals surface area contributed by atoms with Crippen molar-refractivity contribution in [2.45, 2.75) is 13.8 Å². The van der Waals surface area contributed by atoms with Crippen LogP contribution in [0.2, 0.25) is 5.15 Å². The Morgan fingerprint density at radius 1 is 1.41 bits per heavy atom. The quantitative estimate of drug-likeness (QED) is 0.447. The molecule has 2 heterocycles. The number of esters is 1. The lowest BCUT2D eigenvalue weighted by atomic mass is 10.0. The SMILES string of the molecule is CCOC(=O)c1cnc2c(ccc3[nH]c(Cl)cc(C)c32)c1=O. The van der Waals surface area contributed by atoms with E-state index in [2.05, 4.69) is 9.97 Å². The zero-order chi connectivity index (χ0) is 15.9. The van der Waals surface area contributed by atoms with Crippen molar-refractivity contribution in [3.05, 3.63) is 50.9 Å². The van der Waals surface area contributed by atoms with Gasteiger partial charge in [0.25, 0.3) is 0 Å². The number of carbonyl (C=O) groups is 1. The van der Waals surface area contributed by atoms with E-state index in [4.69, 9.17) is 16.3 Å². The number of ether oxygens (including phenoxy) is 1. The summed E-state index contributed by atoms with van der Waals surface area (Å²) in [5.41, 5.74) is 1.80. The number of hydrogen-bond donors (Lipinski definition) is 1. The third kappa shape index (κ3) is 2.23. The van der Waals surface area contributed by atoms with Gasteiger partial charge in [-0.05, 0) is 37.6 Å². The number of halogens is 1. The van der Waals surface area contributed by atoms with E-state index in [0.717, 1.165) is 16.5 Å². The lowest BCUT2D eigenvalue weighted by Gasteiger charge is -2.08. The molecule has 0 unspecified atom stereocenters. The Bertz CT molecular complexity index is 963. The molecule has 3 rings (SSSR count). The largest absolute Gasteiger partial charge is 0.462 e. The zero-order valence-corrected chi connectivity index (χ0v) is 12.8. The average molecular weight is 317 g/mol. The van der Waals surface area contributed by atoms with Gasteiger partial charge in [0.2, 0.25) is 5.43 Å². The Labute approximate surface area is 130 Å². The van der Waals surface area contributed by atoms with E-state index in [-0.39, 0.29) is 17.6 Å². The van der Waals surface area contributed by atoms with Gasteiger partial charge in [0.1, 0.15) is 10.7 Å². The summed E-state index contributed by atoms with van der Waals surface area (Å²) in [7, 11) is 0. The molecular formula is C16H13ClN2O3. The fourth-order valence-corrected chi connectivity index (χ4v) is 2.79. The molecule has 0 aliphatic carbocycles. The molecule has 0 aliphatic rings. The number of carbonyl (C=O) groups excluding carboxylic acids is 1. The number of rotatable bonds is 2. The molecule has 0 amide bonds. The Hall–Kier alpha value is -2.40. The maximum atomic E-state index is 12.5. The highest BCUT2D eigenvalue weighted by Crippen LogP contribution is 2.26. The maximum absolute atomic E-state index is 12.5. The number of benzene rings is 1. The molecule has 6 heteroatoms. The van der Waals surface area contributed by atoms with Crippen LogP contribution in [0.1, 0.15) is 22.8 Å². The summed E-state index contributed by atoms with van der Waals surface area (Å²) < 4.78 is 4.88. The first-order valence-corrected chi connectivity index (χ1v) is 7.18. The molecule has 2 aromatic heterocycles. The summed E-state index contributed by atoms with van der Waals surface area (Å²) in [4.78, 5) is 31.6. The van der Waals surface area contributed by atoms with Gasteiger partial charge in [0.05, 0.1) is 12.1 Å². The Morgan fingerprint density at radius 3 is 2.91 bits per heavy atom. The highest BCUT2D eigenvalue weighted by molar-refractivity contribution is 6.30. The molecule has 0 aliphatic heterocycles. The Balaban J connectivity index is 2.36. The smallest absolute Gasteiger partial charge is 0.343 e. The molecule has 0 bridgehead atoms. The second kappa shape index (κ2) is 5.42. The fraction of sp³-hybridized carbons (Fsp3) is 0.188. The minimum atomic E-state index is -0.651. The van der Waals surface area contributed by atoms with Gasteiger partial charge in [-0.25, -0.2) is 4.79 Å². The van der Waals surface area contributed by atoms with E-state index in [1.54, 1.807) is 25.1 Å². The van der Waals surface area contributed by atoms with E-state index in [1.807, 2.05) is 6.92 Å². The molecule has 0 saturated carbocycles. The molecule has 22 heavy (non-hydrogen) atoms. The summed E-state index contributed by atoms with van der Waals surface area (Å²) in [6.45, 7) is 3.79. The molecular weight excluding hydrogens is 304 g/mol. The summed E-state index contributed by atoms with van der Waals surface area (Å²) in [6, 6.07) is 5.17. The van der Waals surface area contributed by atoms with Crippen molar-refractivity contribution in [3.63, 3.8) is 0 Å². The molecule has 3 aromatic rings. The van der Waals surface area contributed by atoms with Crippen molar-refractivity contribution >= 4 is 39.4 Å². The van der Waals surface area contributed by atoms with Crippen LogP contribution in [0.15, 0.2) is 29.2 Å². The van der Waals surface area contributed by atoms with Crippen LogP contribution >= 0.6 is 11.6 Å². The summed E-state index contributed by atoms with van der Waals surface area (Å²) in [6.07, 6.45) is 1.27. The van der Waals surface area contributed by atoms with E-state index in [0.29, 0.717) is 16.1 Å². The molecule has 1 aromatic carbocycles. The van der Waals surface area contributed by atoms with Gasteiger partial charge in [-0.1, -0.05) is 11.6 Å². The predicted octanol–water partition coefficient (Wildman–Crippen LogP) is 3.21. The van der Waals surface area contributed by atoms with Gasteiger partial charge in [-0.15, -0.1) is 0 Å². The molecule has 0 radical (unpaired) electrons.